The number of aliphatic hydroxyl groups is 1. The van der Waals surface area contributed by atoms with Crippen LogP contribution in [0.2, 0.25) is 0 Å². The predicted octanol–water partition coefficient (Wildman–Crippen LogP) is 1.86. The molecule has 0 bridgehead atoms. The SMILES string of the molecule is CC(O)CN1CCN(C(C)c2nnc(-c3cccs3)o2)CC1. The Balaban J connectivity index is 1.59. The zero-order chi connectivity index (χ0) is 15.5. The number of piperazine rings is 1. The van der Waals surface area contributed by atoms with Crippen LogP contribution in [0, 0.1) is 0 Å². The first kappa shape index (κ1) is 15.6. The highest BCUT2D eigenvalue weighted by molar-refractivity contribution is 7.13. The van der Waals surface area contributed by atoms with Crippen LogP contribution in [0.25, 0.3) is 10.8 Å². The van der Waals surface area contributed by atoms with Crippen LogP contribution in [0.5, 0.6) is 0 Å². The predicted molar refractivity (Wildman–Crippen MR) is 85.7 cm³/mol. The summed E-state index contributed by atoms with van der Waals surface area (Å²) in [7, 11) is 0. The molecule has 1 aliphatic heterocycles. The van der Waals surface area contributed by atoms with Crippen LogP contribution >= 0.6 is 11.3 Å². The first-order chi connectivity index (χ1) is 10.6. The smallest absolute Gasteiger partial charge is 0.257 e. The first-order valence-corrected chi connectivity index (χ1v) is 8.53. The van der Waals surface area contributed by atoms with Crippen LogP contribution < -0.4 is 0 Å². The fourth-order valence-electron chi connectivity index (χ4n) is 2.77. The molecule has 7 heteroatoms. The van der Waals surface area contributed by atoms with Crippen molar-refractivity contribution in [2.75, 3.05) is 32.7 Å². The van der Waals surface area contributed by atoms with Crippen molar-refractivity contribution in [1.82, 2.24) is 20.0 Å². The van der Waals surface area contributed by atoms with E-state index in [4.69, 9.17) is 4.42 Å². The Labute approximate surface area is 134 Å². The fourth-order valence-corrected chi connectivity index (χ4v) is 3.41. The normalized spacial score (nSPS) is 20.1. The van der Waals surface area contributed by atoms with Gasteiger partial charge in [-0.1, -0.05) is 6.07 Å². The molecule has 0 saturated carbocycles. The van der Waals surface area contributed by atoms with Gasteiger partial charge in [0.1, 0.15) is 0 Å². The van der Waals surface area contributed by atoms with Gasteiger partial charge in [-0.05, 0) is 25.3 Å². The summed E-state index contributed by atoms with van der Waals surface area (Å²) in [5.41, 5.74) is 0. The summed E-state index contributed by atoms with van der Waals surface area (Å²) in [5.74, 6) is 1.27. The number of thiophene rings is 1. The van der Waals surface area contributed by atoms with Gasteiger partial charge in [0.15, 0.2) is 0 Å². The van der Waals surface area contributed by atoms with E-state index in [-0.39, 0.29) is 12.1 Å². The Hall–Kier alpha value is -1.28. The molecular formula is C15H22N4O2S. The second-order valence-corrected chi connectivity index (χ2v) is 6.73. The standard InChI is InChI=1S/C15H22N4O2S/c1-11(20)10-18-5-7-19(8-6-18)12(2)14-16-17-15(21-14)13-4-3-9-22-13/h3-4,9,11-12,20H,5-8,10H2,1-2H3. The summed E-state index contributed by atoms with van der Waals surface area (Å²) in [6.45, 7) is 8.50. The van der Waals surface area contributed by atoms with Gasteiger partial charge in [-0.25, -0.2) is 0 Å². The Morgan fingerprint density at radius 1 is 1.27 bits per heavy atom. The molecule has 1 aliphatic rings. The van der Waals surface area contributed by atoms with Crippen LogP contribution in [-0.4, -0.2) is 63.9 Å². The van der Waals surface area contributed by atoms with E-state index >= 15 is 0 Å². The minimum absolute atomic E-state index is 0.120. The van der Waals surface area contributed by atoms with Crippen LogP contribution in [0.4, 0.5) is 0 Å². The van der Waals surface area contributed by atoms with E-state index in [9.17, 15) is 5.11 Å². The molecule has 0 aromatic carbocycles. The summed E-state index contributed by atoms with van der Waals surface area (Å²) in [6, 6.07) is 4.09. The quantitative estimate of drug-likeness (QED) is 0.906. The third-order valence-corrected chi connectivity index (χ3v) is 4.86. The van der Waals surface area contributed by atoms with Gasteiger partial charge in [0.2, 0.25) is 5.89 Å². The molecule has 0 aliphatic carbocycles. The van der Waals surface area contributed by atoms with E-state index in [0.717, 1.165) is 37.6 Å². The number of β-amino-alcohol motifs (C(OH)–C–C–N with tert-alkyl or cyclic N) is 1. The van der Waals surface area contributed by atoms with Crippen LogP contribution in [0.15, 0.2) is 21.9 Å². The highest BCUT2D eigenvalue weighted by Gasteiger charge is 2.26. The van der Waals surface area contributed by atoms with Gasteiger partial charge in [-0.15, -0.1) is 21.5 Å². The lowest BCUT2D eigenvalue weighted by molar-refractivity contribution is 0.0598. The summed E-state index contributed by atoms with van der Waals surface area (Å²) in [6.07, 6.45) is -0.270. The van der Waals surface area contributed by atoms with Gasteiger partial charge in [0.25, 0.3) is 5.89 Å². The Kier molecular flexibility index (Phi) is 4.87. The molecule has 0 amide bonds. The highest BCUT2D eigenvalue weighted by atomic mass is 32.1. The number of aromatic nitrogens is 2. The van der Waals surface area contributed by atoms with Gasteiger partial charge in [-0.3, -0.25) is 9.80 Å². The Bertz CT molecular complexity index is 576. The summed E-state index contributed by atoms with van der Waals surface area (Å²) >= 11 is 1.60. The van der Waals surface area contributed by atoms with E-state index in [1.807, 2.05) is 24.4 Å². The van der Waals surface area contributed by atoms with Gasteiger partial charge in [0.05, 0.1) is 17.0 Å². The second kappa shape index (κ2) is 6.87. The van der Waals surface area contributed by atoms with Crippen molar-refractivity contribution in [1.29, 1.82) is 0 Å². The van der Waals surface area contributed by atoms with E-state index in [0.29, 0.717) is 11.8 Å². The third-order valence-electron chi connectivity index (χ3n) is 4.01. The largest absolute Gasteiger partial charge is 0.418 e. The number of rotatable bonds is 5. The maximum atomic E-state index is 9.46. The fraction of sp³-hybridized carbons (Fsp3) is 0.600. The molecule has 2 atom stereocenters. The van der Waals surface area contributed by atoms with Gasteiger partial charge >= 0.3 is 0 Å². The van der Waals surface area contributed by atoms with Gasteiger partial charge in [-0.2, -0.15) is 0 Å². The Morgan fingerprint density at radius 2 is 2.05 bits per heavy atom. The van der Waals surface area contributed by atoms with Crippen molar-refractivity contribution < 1.29 is 9.52 Å². The molecule has 22 heavy (non-hydrogen) atoms. The van der Waals surface area contributed by atoms with E-state index in [1.165, 1.54) is 0 Å². The van der Waals surface area contributed by atoms with E-state index < -0.39 is 0 Å². The number of hydrogen-bond donors (Lipinski definition) is 1. The topological polar surface area (TPSA) is 65.6 Å². The summed E-state index contributed by atoms with van der Waals surface area (Å²) in [5, 5.41) is 19.8. The van der Waals surface area contributed by atoms with Crippen molar-refractivity contribution >= 4 is 11.3 Å². The van der Waals surface area contributed by atoms with Crippen LogP contribution in [-0.2, 0) is 0 Å². The average Bonchev–Trinajstić information content (AvgIpc) is 3.18. The maximum Gasteiger partial charge on any atom is 0.257 e. The van der Waals surface area contributed by atoms with Gasteiger partial charge < -0.3 is 9.52 Å². The van der Waals surface area contributed by atoms with Gasteiger partial charge in [0, 0.05) is 32.7 Å². The molecule has 3 rings (SSSR count). The third kappa shape index (κ3) is 3.55. The molecule has 1 saturated heterocycles. The molecule has 0 radical (unpaired) electrons. The first-order valence-electron chi connectivity index (χ1n) is 7.65. The minimum atomic E-state index is -0.270. The van der Waals surface area contributed by atoms with E-state index in [1.54, 1.807) is 11.3 Å². The van der Waals surface area contributed by atoms with Crippen molar-refractivity contribution in [3.8, 4) is 10.8 Å². The number of hydrogen-bond acceptors (Lipinski definition) is 7. The lowest BCUT2D eigenvalue weighted by Crippen LogP contribution is -2.48. The number of aliphatic hydroxyl groups excluding tert-OH is 1. The minimum Gasteiger partial charge on any atom is -0.418 e. The molecule has 2 aromatic heterocycles. The van der Waals surface area contributed by atoms with Crippen molar-refractivity contribution in [2.45, 2.75) is 26.0 Å². The lowest BCUT2D eigenvalue weighted by atomic mass is 10.2. The number of nitrogens with zero attached hydrogens (tertiary/aromatic N) is 4. The van der Waals surface area contributed by atoms with Crippen molar-refractivity contribution in [3.05, 3.63) is 23.4 Å². The molecule has 3 heterocycles. The molecule has 1 N–H and O–H groups in total. The summed E-state index contributed by atoms with van der Waals surface area (Å²) < 4.78 is 5.83. The van der Waals surface area contributed by atoms with E-state index in [2.05, 4.69) is 26.9 Å². The Morgan fingerprint density at radius 3 is 2.68 bits per heavy atom. The molecular weight excluding hydrogens is 300 g/mol. The average molecular weight is 322 g/mol. The van der Waals surface area contributed by atoms with Crippen LogP contribution in [0.3, 0.4) is 0 Å². The molecule has 120 valence electrons. The molecule has 6 nitrogen and oxygen atoms in total. The summed E-state index contributed by atoms with van der Waals surface area (Å²) in [4.78, 5) is 5.65. The zero-order valence-corrected chi connectivity index (χ0v) is 13.8. The molecule has 0 spiro atoms. The molecule has 2 unspecified atom stereocenters. The molecule has 1 fully saturated rings. The van der Waals surface area contributed by atoms with Crippen molar-refractivity contribution in [2.24, 2.45) is 0 Å². The maximum absolute atomic E-state index is 9.46. The molecule has 2 aromatic rings. The van der Waals surface area contributed by atoms with Crippen molar-refractivity contribution in [3.63, 3.8) is 0 Å². The van der Waals surface area contributed by atoms with Crippen LogP contribution in [0.1, 0.15) is 25.8 Å². The zero-order valence-electron chi connectivity index (χ0n) is 13.0. The monoisotopic (exact) mass is 322 g/mol. The highest BCUT2D eigenvalue weighted by Crippen LogP contribution is 2.27. The lowest BCUT2D eigenvalue weighted by Gasteiger charge is -2.37. The second-order valence-electron chi connectivity index (χ2n) is 5.78.